The highest BCUT2D eigenvalue weighted by atomic mass is 19.1. The number of esters is 1. The van der Waals surface area contributed by atoms with Crippen molar-refractivity contribution in [2.75, 3.05) is 6.61 Å². The monoisotopic (exact) mass is 397 g/mol. The molecular formula is C23H21F2NO3. The van der Waals surface area contributed by atoms with Gasteiger partial charge in [-0.15, -0.1) is 0 Å². The van der Waals surface area contributed by atoms with E-state index in [-0.39, 0.29) is 18.4 Å². The Morgan fingerprint density at radius 2 is 1.83 bits per heavy atom. The SMILES string of the molecule is CCOC(=O)CCc1ccc(OCc2cc(F)ccc2-c2ccc(F)nc2)cc1. The number of hydrogen-bond donors (Lipinski definition) is 0. The number of halogens is 2. The molecule has 1 heterocycles. The fourth-order valence-corrected chi connectivity index (χ4v) is 2.89. The van der Waals surface area contributed by atoms with E-state index in [1.54, 1.807) is 31.2 Å². The molecule has 0 N–H and O–H groups in total. The molecule has 3 aromatic rings. The number of aryl methyl sites for hydroxylation is 1. The van der Waals surface area contributed by atoms with Crippen molar-refractivity contribution in [1.82, 2.24) is 4.98 Å². The first-order valence-electron chi connectivity index (χ1n) is 9.33. The molecule has 4 nitrogen and oxygen atoms in total. The predicted molar refractivity (Wildman–Crippen MR) is 105 cm³/mol. The minimum atomic E-state index is -0.572. The smallest absolute Gasteiger partial charge is 0.306 e. The number of carbonyl (C=O) groups excluding carboxylic acids is 1. The van der Waals surface area contributed by atoms with Crippen molar-refractivity contribution in [1.29, 1.82) is 0 Å². The molecule has 6 heteroatoms. The van der Waals surface area contributed by atoms with Gasteiger partial charge in [-0.25, -0.2) is 9.37 Å². The summed E-state index contributed by atoms with van der Waals surface area (Å²) >= 11 is 0. The van der Waals surface area contributed by atoms with Gasteiger partial charge >= 0.3 is 5.97 Å². The second-order valence-electron chi connectivity index (χ2n) is 6.41. The molecule has 0 aliphatic heterocycles. The molecule has 0 radical (unpaired) electrons. The second-order valence-corrected chi connectivity index (χ2v) is 6.41. The molecule has 29 heavy (non-hydrogen) atoms. The standard InChI is InChI=1S/C23H21F2NO3/c1-2-28-23(27)12-5-16-3-8-20(9-4-16)29-15-18-13-19(24)7-10-21(18)17-6-11-22(25)26-14-17/h3-4,6-11,13-14H,2,5,12,15H2,1H3. The van der Waals surface area contributed by atoms with Crippen LogP contribution in [0.2, 0.25) is 0 Å². The van der Waals surface area contributed by atoms with Crippen LogP contribution in [0, 0.1) is 11.8 Å². The van der Waals surface area contributed by atoms with E-state index in [2.05, 4.69) is 4.98 Å². The molecule has 1 aromatic heterocycles. The van der Waals surface area contributed by atoms with Crippen molar-refractivity contribution >= 4 is 5.97 Å². The number of hydrogen-bond acceptors (Lipinski definition) is 4. The molecule has 0 aliphatic rings. The van der Waals surface area contributed by atoms with Crippen molar-refractivity contribution in [2.45, 2.75) is 26.4 Å². The predicted octanol–water partition coefficient (Wildman–Crippen LogP) is 5.10. The van der Waals surface area contributed by atoms with E-state index in [0.29, 0.717) is 36.3 Å². The maximum Gasteiger partial charge on any atom is 0.306 e. The quantitative estimate of drug-likeness (QED) is 0.392. The molecular weight excluding hydrogens is 376 g/mol. The lowest BCUT2D eigenvalue weighted by Gasteiger charge is -2.12. The fourth-order valence-electron chi connectivity index (χ4n) is 2.89. The molecule has 0 bridgehead atoms. The lowest BCUT2D eigenvalue weighted by molar-refractivity contribution is -0.143. The van der Waals surface area contributed by atoms with Crippen LogP contribution in [0.5, 0.6) is 5.75 Å². The first-order chi connectivity index (χ1) is 14.0. The van der Waals surface area contributed by atoms with Crippen LogP contribution >= 0.6 is 0 Å². The van der Waals surface area contributed by atoms with Crippen molar-refractivity contribution in [2.24, 2.45) is 0 Å². The minimum Gasteiger partial charge on any atom is -0.489 e. The van der Waals surface area contributed by atoms with Crippen LogP contribution in [-0.2, 0) is 22.6 Å². The van der Waals surface area contributed by atoms with Crippen LogP contribution in [0.15, 0.2) is 60.8 Å². The first-order valence-corrected chi connectivity index (χ1v) is 9.33. The number of ether oxygens (including phenoxy) is 2. The Morgan fingerprint density at radius 3 is 2.52 bits per heavy atom. The average Bonchev–Trinajstić information content (AvgIpc) is 2.73. The van der Waals surface area contributed by atoms with Crippen LogP contribution < -0.4 is 4.74 Å². The first kappa shape index (κ1) is 20.5. The van der Waals surface area contributed by atoms with Gasteiger partial charge in [0.25, 0.3) is 0 Å². The van der Waals surface area contributed by atoms with E-state index >= 15 is 0 Å². The Labute approximate surface area is 168 Å². The summed E-state index contributed by atoms with van der Waals surface area (Å²) in [5.74, 6) is -0.549. The van der Waals surface area contributed by atoms with Gasteiger partial charge in [-0.3, -0.25) is 4.79 Å². The molecule has 0 unspecified atom stereocenters. The Bertz CT molecular complexity index is 957. The van der Waals surface area contributed by atoms with E-state index in [9.17, 15) is 13.6 Å². The van der Waals surface area contributed by atoms with Gasteiger partial charge in [0.05, 0.1) is 6.61 Å². The number of rotatable bonds is 8. The normalized spacial score (nSPS) is 10.6. The number of pyridine rings is 1. The van der Waals surface area contributed by atoms with Crippen molar-refractivity contribution in [3.05, 3.63) is 83.7 Å². The Kier molecular flexibility index (Phi) is 6.89. The van der Waals surface area contributed by atoms with E-state index < -0.39 is 5.95 Å². The van der Waals surface area contributed by atoms with E-state index in [1.807, 2.05) is 12.1 Å². The summed E-state index contributed by atoms with van der Waals surface area (Å²) in [7, 11) is 0. The van der Waals surface area contributed by atoms with Crippen LogP contribution in [-0.4, -0.2) is 17.6 Å². The Balaban J connectivity index is 1.66. The summed E-state index contributed by atoms with van der Waals surface area (Å²) in [6.45, 7) is 2.30. The lowest BCUT2D eigenvalue weighted by Crippen LogP contribution is -2.05. The summed E-state index contributed by atoms with van der Waals surface area (Å²) < 4.78 is 37.5. The van der Waals surface area contributed by atoms with E-state index in [1.165, 1.54) is 24.4 Å². The molecule has 0 saturated carbocycles. The maximum absolute atomic E-state index is 13.7. The van der Waals surface area contributed by atoms with Crippen molar-refractivity contribution in [3.8, 4) is 16.9 Å². The Morgan fingerprint density at radius 1 is 1.03 bits per heavy atom. The third kappa shape index (κ3) is 5.85. The summed E-state index contributed by atoms with van der Waals surface area (Å²) in [6, 6.07) is 14.6. The Hall–Kier alpha value is -3.28. The third-order valence-corrected chi connectivity index (χ3v) is 4.35. The molecule has 0 saturated heterocycles. The molecule has 0 spiro atoms. The summed E-state index contributed by atoms with van der Waals surface area (Å²) in [4.78, 5) is 15.1. The van der Waals surface area contributed by atoms with Gasteiger partial charge in [0.2, 0.25) is 5.95 Å². The molecule has 0 aliphatic carbocycles. The van der Waals surface area contributed by atoms with Crippen LogP contribution in [0.25, 0.3) is 11.1 Å². The van der Waals surface area contributed by atoms with Crippen LogP contribution in [0.4, 0.5) is 8.78 Å². The van der Waals surface area contributed by atoms with Crippen LogP contribution in [0.3, 0.4) is 0 Å². The van der Waals surface area contributed by atoms with E-state index in [4.69, 9.17) is 9.47 Å². The zero-order valence-electron chi connectivity index (χ0n) is 16.0. The second kappa shape index (κ2) is 9.78. The number of benzene rings is 2. The van der Waals surface area contributed by atoms with Crippen molar-refractivity contribution < 1.29 is 23.0 Å². The summed E-state index contributed by atoms with van der Waals surface area (Å²) in [5, 5.41) is 0. The van der Waals surface area contributed by atoms with E-state index in [0.717, 1.165) is 11.1 Å². The molecule has 3 rings (SSSR count). The largest absolute Gasteiger partial charge is 0.489 e. The summed E-state index contributed by atoms with van der Waals surface area (Å²) in [5.41, 5.74) is 3.03. The zero-order chi connectivity index (χ0) is 20.6. The molecule has 150 valence electrons. The molecule has 2 aromatic carbocycles. The topological polar surface area (TPSA) is 48.4 Å². The fraction of sp³-hybridized carbons (Fsp3) is 0.217. The molecule has 0 fully saturated rings. The van der Waals surface area contributed by atoms with Gasteiger partial charge < -0.3 is 9.47 Å². The number of aromatic nitrogens is 1. The van der Waals surface area contributed by atoms with Gasteiger partial charge in [0.15, 0.2) is 0 Å². The van der Waals surface area contributed by atoms with Gasteiger partial charge in [-0.05, 0) is 60.9 Å². The van der Waals surface area contributed by atoms with Gasteiger partial charge in [0, 0.05) is 23.7 Å². The van der Waals surface area contributed by atoms with Gasteiger partial charge in [0.1, 0.15) is 18.2 Å². The molecule has 0 atom stereocenters. The molecule has 0 amide bonds. The maximum atomic E-state index is 13.7. The third-order valence-electron chi connectivity index (χ3n) is 4.35. The highest BCUT2D eigenvalue weighted by molar-refractivity contribution is 5.69. The highest BCUT2D eigenvalue weighted by Gasteiger charge is 2.09. The average molecular weight is 397 g/mol. The highest BCUT2D eigenvalue weighted by Crippen LogP contribution is 2.26. The zero-order valence-corrected chi connectivity index (χ0v) is 16.0. The van der Waals surface area contributed by atoms with Crippen molar-refractivity contribution in [3.63, 3.8) is 0 Å². The van der Waals surface area contributed by atoms with Gasteiger partial charge in [-0.2, -0.15) is 4.39 Å². The minimum absolute atomic E-state index is 0.145. The summed E-state index contributed by atoms with van der Waals surface area (Å²) in [6.07, 6.45) is 2.32. The lowest BCUT2D eigenvalue weighted by atomic mass is 10.0. The van der Waals surface area contributed by atoms with Gasteiger partial charge in [-0.1, -0.05) is 18.2 Å². The number of carbonyl (C=O) groups is 1. The number of nitrogens with zero attached hydrogens (tertiary/aromatic N) is 1. The van der Waals surface area contributed by atoms with Crippen LogP contribution in [0.1, 0.15) is 24.5 Å².